The van der Waals surface area contributed by atoms with Crippen LogP contribution in [0.4, 0.5) is 5.69 Å². The minimum atomic E-state index is -0.343. The molecule has 2 rings (SSSR count). The molecular weight excluding hydrogens is 374 g/mol. The van der Waals surface area contributed by atoms with Crippen LogP contribution in [0, 0.1) is 10.8 Å². The highest BCUT2D eigenvalue weighted by atomic mass is 16.3. The van der Waals surface area contributed by atoms with Crippen LogP contribution in [0.2, 0.25) is 0 Å². The fourth-order valence-corrected chi connectivity index (χ4v) is 5.28. The second-order valence-electron chi connectivity index (χ2n) is 12.5. The molecular formula is C26H39NO3. The first-order chi connectivity index (χ1) is 13.3. The van der Waals surface area contributed by atoms with E-state index in [0.29, 0.717) is 5.69 Å². The van der Waals surface area contributed by atoms with Gasteiger partial charge in [0.05, 0.1) is 5.69 Å². The molecule has 30 heavy (non-hydrogen) atoms. The van der Waals surface area contributed by atoms with E-state index in [-0.39, 0.29) is 39.2 Å². The van der Waals surface area contributed by atoms with Crippen molar-refractivity contribution in [1.82, 2.24) is 0 Å². The summed E-state index contributed by atoms with van der Waals surface area (Å²) in [6, 6.07) is 3.64. The third-order valence-corrected chi connectivity index (χ3v) is 5.56. The maximum absolute atomic E-state index is 12.4. The van der Waals surface area contributed by atoms with E-state index in [1.807, 2.05) is 12.1 Å². The maximum Gasteiger partial charge on any atom is 0.258 e. The molecule has 4 heteroatoms. The van der Waals surface area contributed by atoms with E-state index in [2.05, 4.69) is 69.2 Å². The number of benzene rings is 1. The number of amides is 2. The Kier molecular flexibility index (Phi) is 6.08. The summed E-state index contributed by atoms with van der Waals surface area (Å²) in [5.74, 6) is -0.413. The lowest BCUT2D eigenvalue weighted by Crippen LogP contribution is -2.32. The second kappa shape index (κ2) is 7.55. The van der Waals surface area contributed by atoms with Crippen LogP contribution in [0.5, 0.6) is 5.75 Å². The first-order valence-corrected chi connectivity index (χ1v) is 10.8. The number of nitrogens with zero attached hydrogens (tertiary/aromatic N) is 1. The maximum atomic E-state index is 12.4. The Labute approximate surface area is 182 Å². The SMILES string of the molecule is CC(C)(C)CC(C)(C)c1cc(N2C(=O)C=CC2=O)cc(C(C)(C)CC(C)(C)C)c1O. The first kappa shape index (κ1) is 24.2. The number of phenols is 1. The molecule has 0 atom stereocenters. The number of carbonyl (C=O) groups excluding carboxylic acids is 2. The minimum Gasteiger partial charge on any atom is -0.507 e. The van der Waals surface area contributed by atoms with Crippen LogP contribution in [0.15, 0.2) is 24.3 Å². The molecule has 0 saturated heterocycles. The zero-order valence-electron chi connectivity index (χ0n) is 20.4. The number of carbonyl (C=O) groups is 2. The fraction of sp³-hybridized carbons (Fsp3) is 0.615. The van der Waals surface area contributed by atoms with Gasteiger partial charge in [-0.3, -0.25) is 9.59 Å². The molecule has 0 fully saturated rings. The average molecular weight is 414 g/mol. The standard InChI is InChI=1S/C26H39NO3/c1-23(2,3)15-25(7,8)18-13-17(27-20(28)11-12-21(27)29)14-19(22(18)30)26(9,10)16-24(4,5)6/h11-14,30H,15-16H2,1-10H3. The highest BCUT2D eigenvalue weighted by Gasteiger charge is 2.37. The zero-order valence-corrected chi connectivity index (χ0v) is 20.4. The van der Waals surface area contributed by atoms with E-state index in [0.717, 1.165) is 24.0 Å². The van der Waals surface area contributed by atoms with Crippen molar-refractivity contribution >= 4 is 17.5 Å². The molecule has 1 aliphatic rings. The molecule has 2 amide bonds. The van der Waals surface area contributed by atoms with Crippen LogP contribution in [-0.2, 0) is 20.4 Å². The lowest BCUT2D eigenvalue weighted by molar-refractivity contribution is -0.120. The Balaban J connectivity index is 2.75. The number of imide groups is 1. The molecule has 1 aliphatic heterocycles. The molecule has 4 nitrogen and oxygen atoms in total. The average Bonchev–Trinajstić information content (AvgIpc) is 2.81. The van der Waals surface area contributed by atoms with Crippen LogP contribution in [0.25, 0.3) is 0 Å². The van der Waals surface area contributed by atoms with Crippen molar-refractivity contribution in [3.05, 3.63) is 35.4 Å². The van der Waals surface area contributed by atoms with E-state index in [1.165, 1.54) is 17.1 Å². The summed E-state index contributed by atoms with van der Waals surface area (Å²) in [4.78, 5) is 26.0. The van der Waals surface area contributed by atoms with E-state index in [9.17, 15) is 14.7 Å². The van der Waals surface area contributed by atoms with E-state index < -0.39 is 0 Å². The monoisotopic (exact) mass is 413 g/mol. The molecule has 166 valence electrons. The molecule has 1 aromatic carbocycles. The Morgan fingerprint density at radius 3 is 1.33 bits per heavy atom. The summed E-state index contributed by atoms with van der Waals surface area (Å²) in [7, 11) is 0. The Bertz CT molecular complexity index is 810. The number of hydrogen-bond acceptors (Lipinski definition) is 3. The molecule has 0 radical (unpaired) electrons. The molecule has 0 aliphatic carbocycles. The number of hydrogen-bond donors (Lipinski definition) is 1. The molecule has 1 heterocycles. The third-order valence-electron chi connectivity index (χ3n) is 5.56. The van der Waals surface area contributed by atoms with Crippen LogP contribution >= 0.6 is 0 Å². The van der Waals surface area contributed by atoms with Gasteiger partial charge in [-0.1, -0.05) is 69.2 Å². The summed E-state index contributed by atoms with van der Waals surface area (Å²) in [5.41, 5.74) is 1.50. The predicted octanol–water partition coefficient (Wildman–Crippen LogP) is 6.25. The molecule has 0 spiro atoms. The van der Waals surface area contributed by atoms with Gasteiger partial charge in [-0.15, -0.1) is 0 Å². The highest BCUT2D eigenvalue weighted by molar-refractivity contribution is 6.28. The van der Waals surface area contributed by atoms with Gasteiger partial charge in [0.2, 0.25) is 0 Å². The van der Waals surface area contributed by atoms with Gasteiger partial charge in [0.1, 0.15) is 5.75 Å². The third kappa shape index (κ3) is 5.33. The summed E-state index contributed by atoms with van der Waals surface area (Å²) >= 11 is 0. The van der Waals surface area contributed by atoms with E-state index in [4.69, 9.17) is 0 Å². The van der Waals surface area contributed by atoms with Crippen LogP contribution in [0.3, 0.4) is 0 Å². The van der Waals surface area contributed by atoms with Gasteiger partial charge in [0.15, 0.2) is 0 Å². The Hall–Kier alpha value is -2.10. The largest absolute Gasteiger partial charge is 0.507 e. The first-order valence-electron chi connectivity index (χ1n) is 10.8. The normalized spacial score (nSPS) is 16.0. The number of phenolic OH excluding ortho intramolecular Hbond substituents is 1. The van der Waals surface area contributed by atoms with Crippen molar-refractivity contribution < 1.29 is 14.7 Å². The van der Waals surface area contributed by atoms with Crippen LogP contribution in [-0.4, -0.2) is 16.9 Å². The van der Waals surface area contributed by atoms with Crippen molar-refractivity contribution in [2.45, 2.75) is 92.9 Å². The van der Waals surface area contributed by atoms with Gasteiger partial charge in [-0.2, -0.15) is 0 Å². The van der Waals surface area contributed by atoms with E-state index in [1.54, 1.807) is 0 Å². The Morgan fingerprint density at radius 1 is 0.700 bits per heavy atom. The lowest BCUT2D eigenvalue weighted by Gasteiger charge is -2.38. The molecule has 0 saturated carbocycles. The van der Waals surface area contributed by atoms with E-state index >= 15 is 0 Å². The van der Waals surface area contributed by atoms with Crippen molar-refractivity contribution in [3.63, 3.8) is 0 Å². The number of aromatic hydroxyl groups is 1. The summed E-state index contributed by atoms with van der Waals surface area (Å²) in [5, 5.41) is 11.4. The quantitative estimate of drug-likeness (QED) is 0.581. The number of rotatable bonds is 5. The number of anilines is 1. The van der Waals surface area contributed by atoms with Crippen molar-refractivity contribution in [3.8, 4) is 5.75 Å². The lowest BCUT2D eigenvalue weighted by atomic mass is 9.68. The summed E-state index contributed by atoms with van der Waals surface area (Å²) in [6.07, 6.45) is 4.29. The van der Waals surface area contributed by atoms with Crippen molar-refractivity contribution in [2.24, 2.45) is 10.8 Å². The molecule has 1 aromatic rings. The van der Waals surface area contributed by atoms with Crippen molar-refractivity contribution in [2.75, 3.05) is 4.90 Å². The molecule has 0 unspecified atom stereocenters. The summed E-state index contributed by atoms with van der Waals surface area (Å²) in [6.45, 7) is 21.5. The minimum absolute atomic E-state index is 0.0495. The van der Waals surface area contributed by atoms with Gasteiger partial charge in [-0.05, 0) is 46.6 Å². The molecule has 1 N–H and O–H groups in total. The van der Waals surface area contributed by atoms with Gasteiger partial charge in [0.25, 0.3) is 11.8 Å². The van der Waals surface area contributed by atoms with Crippen LogP contribution in [0.1, 0.15) is 93.2 Å². The summed E-state index contributed by atoms with van der Waals surface area (Å²) < 4.78 is 0. The van der Waals surface area contributed by atoms with Crippen molar-refractivity contribution in [1.29, 1.82) is 0 Å². The van der Waals surface area contributed by atoms with Gasteiger partial charge in [-0.25, -0.2) is 4.90 Å². The van der Waals surface area contributed by atoms with Gasteiger partial charge >= 0.3 is 0 Å². The van der Waals surface area contributed by atoms with Crippen LogP contribution < -0.4 is 4.90 Å². The Morgan fingerprint density at radius 2 is 1.03 bits per heavy atom. The van der Waals surface area contributed by atoms with Gasteiger partial charge < -0.3 is 5.11 Å². The highest BCUT2D eigenvalue weighted by Crippen LogP contribution is 2.48. The molecule has 0 aromatic heterocycles. The smallest absolute Gasteiger partial charge is 0.258 e. The predicted molar refractivity (Wildman–Crippen MR) is 124 cm³/mol. The zero-order chi connectivity index (χ0) is 23.3. The topological polar surface area (TPSA) is 57.6 Å². The fourth-order valence-electron chi connectivity index (χ4n) is 5.28. The second-order valence-corrected chi connectivity index (χ2v) is 12.5. The molecule has 0 bridgehead atoms. The van der Waals surface area contributed by atoms with Gasteiger partial charge in [0, 0.05) is 23.3 Å².